The summed E-state index contributed by atoms with van der Waals surface area (Å²) in [7, 11) is 0. The molecule has 1 aliphatic rings. The van der Waals surface area contributed by atoms with E-state index in [4.69, 9.17) is 0 Å². The smallest absolute Gasteiger partial charge is 0.225 e. The summed E-state index contributed by atoms with van der Waals surface area (Å²) in [6.07, 6.45) is 9.07. The predicted octanol–water partition coefficient (Wildman–Crippen LogP) is 3.67. The second-order valence-electron chi connectivity index (χ2n) is 6.92. The van der Waals surface area contributed by atoms with Crippen molar-refractivity contribution in [2.75, 3.05) is 24.5 Å². The summed E-state index contributed by atoms with van der Waals surface area (Å²) in [6.45, 7) is 4.56. The quantitative estimate of drug-likeness (QED) is 0.773. The van der Waals surface area contributed by atoms with Crippen molar-refractivity contribution in [3.8, 4) is 11.1 Å². The van der Waals surface area contributed by atoms with Crippen LogP contribution in [0.4, 0.5) is 5.95 Å². The van der Waals surface area contributed by atoms with Crippen LogP contribution in [0.3, 0.4) is 0 Å². The molecular weight excluding hydrogens is 324 g/mol. The number of nitrogens with zero attached hydrogens (tertiary/aromatic N) is 3. The van der Waals surface area contributed by atoms with Crippen molar-refractivity contribution in [2.45, 2.75) is 39.0 Å². The van der Waals surface area contributed by atoms with Crippen molar-refractivity contribution in [1.29, 1.82) is 0 Å². The van der Waals surface area contributed by atoms with Crippen LogP contribution in [-0.2, 0) is 4.79 Å². The molecule has 1 aromatic carbocycles. The van der Waals surface area contributed by atoms with Gasteiger partial charge in [0, 0.05) is 37.6 Å². The lowest BCUT2D eigenvalue weighted by Gasteiger charge is -2.32. The molecule has 1 aliphatic heterocycles. The third-order valence-corrected chi connectivity index (χ3v) is 4.90. The standard InChI is InChI=1S/C21H28N4O/c1-2-3-7-12-22-20(26)18-11-8-13-25(16-18)21-23-14-19(15-24-21)17-9-5-4-6-10-17/h4-6,9-10,14-15,18H,2-3,7-8,11-13,16H2,1H3,(H,22,26)/t18-/m1/s1. The minimum atomic E-state index is 0.0303. The maximum absolute atomic E-state index is 12.4. The summed E-state index contributed by atoms with van der Waals surface area (Å²) in [5.74, 6) is 0.919. The topological polar surface area (TPSA) is 58.1 Å². The first-order chi connectivity index (χ1) is 12.8. The molecule has 2 aromatic rings. The van der Waals surface area contributed by atoms with Crippen LogP contribution in [0.2, 0.25) is 0 Å². The molecule has 0 saturated carbocycles. The third kappa shape index (κ3) is 4.81. The number of hydrogen-bond donors (Lipinski definition) is 1. The Balaban J connectivity index is 1.58. The predicted molar refractivity (Wildman–Crippen MR) is 105 cm³/mol. The Morgan fingerprint density at radius 2 is 1.92 bits per heavy atom. The average Bonchev–Trinajstić information content (AvgIpc) is 2.72. The number of rotatable bonds is 7. The number of amides is 1. The summed E-state index contributed by atoms with van der Waals surface area (Å²) >= 11 is 0. The monoisotopic (exact) mass is 352 g/mol. The van der Waals surface area contributed by atoms with Gasteiger partial charge >= 0.3 is 0 Å². The zero-order valence-electron chi connectivity index (χ0n) is 15.5. The van der Waals surface area contributed by atoms with Gasteiger partial charge in [0.2, 0.25) is 11.9 Å². The molecule has 0 aliphatic carbocycles. The Labute approximate surface area is 155 Å². The number of aromatic nitrogens is 2. The first kappa shape index (κ1) is 18.4. The number of carbonyl (C=O) groups excluding carboxylic acids is 1. The molecule has 0 spiro atoms. The largest absolute Gasteiger partial charge is 0.356 e. The van der Waals surface area contributed by atoms with Crippen LogP contribution in [0.25, 0.3) is 11.1 Å². The molecule has 1 saturated heterocycles. The Bertz CT molecular complexity index is 687. The minimum Gasteiger partial charge on any atom is -0.356 e. The van der Waals surface area contributed by atoms with Crippen molar-refractivity contribution in [3.05, 3.63) is 42.7 Å². The Kier molecular flexibility index (Phi) is 6.58. The van der Waals surface area contributed by atoms with Crippen LogP contribution in [0.1, 0.15) is 39.0 Å². The molecule has 1 fully saturated rings. The second-order valence-corrected chi connectivity index (χ2v) is 6.92. The van der Waals surface area contributed by atoms with Crippen molar-refractivity contribution in [1.82, 2.24) is 15.3 Å². The lowest BCUT2D eigenvalue weighted by molar-refractivity contribution is -0.125. The van der Waals surface area contributed by atoms with Gasteiger partial charge in [0.05, 0.1) is 5.92 Å². The van der Waals surface area contributed by atoms with Gasteiger partial charge < -0.3 is 10.2 Å². The van der Waals surface area contributed by atoms with Crippen molar-refractivity contribution < 1.29 is 4.79 Å². The number of benzene rings is 1. The maximum atomic E-state index is 12.4. The first-order valence-corrected chi connectivity index (χ1v) is 9.68. The van der Waals surface area contributed by atoms with E-state index in [0.717, 1.165) is 43.5 Å². The highest BCUT2D eigenvalue weighted by Crippen LogP contribution is 2.22. The highest BCUT2D eigenvalue weighted by Gasteiger charge is 2.26. The van der Waals surface area contributed by atoms with Crippen LogP contribution >= 0.6 is 0 Å². The molecule has 2 heterocycles. The van der Waals surface area contributed by atoms with Gasteiger partial charge in [0.25, 0.3) is 0 Å². The van der Waals surface area contributed by atoms with Crippen LogP contribution in [0, 0.1) is 5.92 Å². The van der Waals surface area contributed by atoms with Gasteiger partial charge in [-0.2, -0.15) is 0 Å². The highest BCUT2D eigenvalue weighted by atomic mass is 16.1. The molecule has 138 valence electrons. The third-order valence-electron chi connectivity index (χ3n) is 4.90. The molecule has 0 bridgehead atoms. The van der Waals surface area contributed by atoms with E-state index >= 15 is 0 Å². The fourth-order valence-electron chi connectivity index (χ4n) is 3.37. The Morgan fingerprint density at radius 3 is 2.65 bits per heavy atom. The summed E-state index contributed by atoms with van der Waals surface area (Å²) in [5.41, 5.74) is 2.12. The number of carbonyl (C=O) groups is 1. The molecule has 26 heavy (non-hydrogen) atoms. The Hall–Kier alpha value is -2.43. The summed E-state index contributed by atoms with van der Waals surface area (Å²) in [5, 5.41) is 3.08. The van der Waals surface area contributed by atoms with Crippen molar-refractivity contribution in [3.63, 3.8) is 0 Å². The average molecular weight is 352 g/mol. The van der Waals surface area contributed by atoms with Crippen LogP contribution < -0.4 is 10.2 Å². The van der Waals surface area contributed by atoms with Gasteiger partial charge in [-0.3, -0.25) is 4.79 Å². The van der Waals surface area contributed by atoms with E-state index in [9.17, 15) is 4.79 Å². The molecule has 0 radical (unpaired) electrons. The highest BCUT2D eigenvalue weighted by molar-refractivity contribution is 5.79. The number of unbranched alkanes of at least 4 members (excludes halogenated alkanes) is 2. The lowest BCUT2D eigenvalue weighted by Crippen LogP contribution is -2.43. The van der Waals surface area contributed by atoms with E-state index in [-0.39, 0.29) is 11.8 Å². The molecule has 1 atom stereocenters. The van der Waals surface area contributed by atoms with E-state index in [1.807, 2.05) is 30.6 Å². The van der Waals surface area contributed by atoms with Crippen LogP contribution in [0.15, 0.2) is 42.7 Å². The fraction of sp³-hybridized carbons (Fsp3) is 0.476. The summed E-state index contributed by atoms with van der Waals surface area (Å²) in [4.78, 5) is 23.6. The first-order valence-electron chi connectivity index (χ1n) is 9.68. The second kappa shape index (κ2) is 9.32. The molecule has 0 unspecified atom stereocenters. The summed E-state index contributed by atoms with van der Waals surface area (Å²) < 4.78 is 0. The molecule has 5 heteroatoms. The number of piperidine rings is 1. The lowest BCUT2D eigenvalue weighted by atomic mass is 9.97. The number of anilines is 1. The molecule has 1 N–H and O–H groups in total. The van der Waals surface area contributed by atoms with E-state index < -0.39 is 0 Å². The molecule has 1 aromatic heterocycles. The molecule has 5 nitrogen and oxygen atoms in total. The Morgan fingerprint density at radius 1 is 1.15 bits per heavy atom. The molecule has 3 rings (SSSR count). The fourth-order valence-corrected chi connectivity index (χ4v) is 3.37. The van der Waals surface area contributed by atoms with E-state index in [0.29, 0.717) is 12.5 Å². The molecular formula is C21H28N4O. The summed E-state index contributed by atoms with van der Waals surface area (Å²) in [6, 6.07) is 10.1. The van der Waals surface area contributed by atoms with Crippen LogP contribution in [-0.4, -0.2) is 35.5 Å². The maximum Gasteiger partial charge on any atom is 0.225 e. The van der Waals surface area contributed by atoms with Gasteiger partial charge in [-0.25, -0.2) is 9.97 Å². The SMILES string of the molecule is CCCCCNC(=O)[C@@H]1CCCN(c2ncc(-c3ccccc3)cn2)C1. The van der Waals surface area contributed by atoms with Crippen LogP contribution in [0.5, 0.6) is 0 Å². The normalized spacial score (nSPS) is 17.1. The number of hydrogen-bond acceptors (Lipinski definition) is 4. The van der Waals surface area contributed by atoms with Gasteiger partial charge in [0.15, 0.2) is 0 Å². The van der Waals surface area contributed by atoms with Gasteiger partial charge in [-0.05, 0) is 24.8 Å². The van der Waals surface area contributed by atoms with Crippen molar-refractivity contribution >= 4 is 11.9 Å². The number of nitrogens with one attached hydrogen (secondary N) is 1. The zero-order chi connectivity index (χ0) is 18.2. The molecule has 1 amide bonds. The van der Waals surface area contributed by atoms with E-state index in [1.165, 1.54) is 12.8 Å². The minimum absolute atomic E-state index is 0.0303. The van der Waals surface area contributed by atoms with Gasteiger partial charge in [-0.1, -0.05) is 50.1 Å². The van der Waals surface area contributed by atoms with Gasteiger partial charge in [0.1, 0.15) is 0 Å². The van der Waals surface area contributed by atoms with Gasteiger partial charge in [-0.15, -0.1) is 0 Å². The van der Waals surface area contributed by atoms with E-state index in [1.54, 1.807) is 0 Å². The van der Waals surface area contributed by atoms with E-state index in [2.05, 4.69) is 39.2 Å². The van der Waals surface area contributed by atoms with Crippen molar-refractivity contribution in [2.24, 2.45) is 5.92 Å². The zero-order valence-corrected chi connectivity index (χ0v) is 15.5.